The van der Waals surface area contributed by atoms with E-state index in [4.69, 9.17) is 10.7 Å². The van der Waals surface area contributed by atoms with Crippen molar-refractivity contribution in [2.75, 3.05) is 5.73 Å². The molecule has 4 heteroatoms. The van der Waals surface area contributed by atoms with E-state index in [1.165, 1.54) is 0 Å². The highest BCUT2D eigenvalue weighted by Crippen LogP contribution is 2.26. The summed E-state index contributed by atoms with van der Waals surface area (Å²) in [6, 6.07) is 7.81. The van der Waals surface area contributed by atoms with Crippen LogP contribution in [0.4, 0.5) is 5.69 Å². The summed E-state index contributed by atoms with van der Waals surface area (Å²) in [5.41, 5.74) is 12.4. The van der Waals surface area contributed by atoms with E-state index in [0.717, 1.165) is 22.5 Å². The van der Waals surface area contributed by atoms with Crippen LogP contribution in [0.3, 0.4) is 0 Å². The Hall–Kier alpha value is -2.20. The van der Waals surface area contributed by atoms with Crippen LogP contribution in [-0.2, 0) is 4.94 Å². The minimum absolute atomic E-state index is 0.768. The quantitative estimate of drug-likeness (QED) is 0.698. The topological polar surface area (TPSA) is 50.5 Å². The third-order valence-electron chi connectivity index (χ3n) is 2.53. The van der Waals surface area contributed by atoms with Gasteiger partial charge in [0.1, 0.15) is 0 Å². The van der Waals surface area contributed by atoms with Crippen molar-refractivity contribution in [3.63, 3.8) is 0 Å². The molecule has 2 heterocycles. The van der Waals surface area contributed by atoms with Gasteiger partial charge in [0.05, 0.1) is 11.9 Å². The molecule has 3 rings (SSSR count). The largest absolute Gasteiger partial charge is 0.399 e. The molecular formula is C12H11N3O. The molecular weight excluding hydrogens is 202 g/mol. The average molecular weight is 213 g/mol. The molecule has 0 atom stereocenters. The molecule has 3 N–H and O–H groups in total. The molecule has 0 aromatic heterocycles. The number of hydrogen-bond donors (Lipinski definition) is 2. The van der Waals surface area contributed by atoms with Crippen molar-refractivity contribution >= 4 is 11.3 Å². The van der Waals surface area contributed by atoms with Gasteiger partial charge in [-0.1, -0.05) is 12.1 Å². The predicted molar refractivity (Wildman–Crippen MR) is 62.1 cm³/mol. The van der Waals surface area contributed by atoms with Crippen LogP contribution < -0.4 is 11.2 Å². The number of hydrogen-bond acceptors (Lipinski definition) is 4. The summed E-state index contributed by atoms with van der Waals surface area (Å²) in [7, 11) is 0. The summed E-state index contributed by atoms with van der Waals surface area (Å²) in [4.78, 5) is 5.10. The Labute approximate surface area is 93.2 Å². The molecule has 0 spiro atoms. The van der Waals surface area contributed by atoms with Crippen LogP contribution in [0, 0.1) is 0 Å². The maximum atomic E-state index is 5.76. The molecule has 0 amide bonds. The van der Waals surface area contributed by atoms with Crippen LogP contribution in [0.5, 0.6) is 0 Å². The highest BCUT2D eigenvalue weighted by atomic mass is 16.8. The number of nitrogen functional groups attached to an aromatic ring is 1. The second kappa shape index (κ2) is 3.43. The summed E-state index contributed by atoms with van der Waals surface area (Å²) < 4.78 is 0. The number of allylic oxidation sites excluding steroid dienone is 3. The van der Waals surface area contributed by atoms with Gasteiger partial charge in [0.2, 0.25) is 0 Å². The van der Waals surface area contributed by atoms with Gasteiger partial charge in [0.25, 0.3) is 0 Å². The molecule has 0 bridgehead atoms. The molecule has 0 saturated carbocycles. The van der Waals surface area contributed by atoms with Gasteiger partial charge >= 0.3 is 0 Å². The Morgan fingerprint density at radius 1 is 1.31 bits per heavy atom. The molecule has 1 aromatic carbocycles. The lowest BCUT2D eigenvalue weighted by atomic mass is 10.0. The third kappa shape index (κ3) is 1.45. The van der Waals surface area contributed by atoms with Crippen molar-refractivity contribution in [1.29, 1.82) is 0 Å². The lowest BCUT2D eigenvalue weighted by Gasteiger charge is -2.17. The lowest BCUT2D eigenvalue weighted by molar-refractivity contribution is -0.112. The third-order valence-corrected chi connectivity index (χ3v) is 2.53. The molecule has 80 valence electrons. The van der Waals surface area contributed by atoms with Crippen molar-refractivity contribution in [3.8, 4) is 0 Å². The predicted octanol–water partition coefficient (Wildman–Crippen LogP) is 1.77. The molecule has 16 heavy (non-hydrogen) atoms. The number of hydroxylamine groups is 3. The van der Waals surface area contributed by atoms with E-state index in [9.17, 15) is 0 Å². The van der Waals surface area contributed by atoms with Gasteiger partial charge in [-0.3, -0.25) is 0 Å². The van der Waals surface area contributed by atoms with Gasteiger partial charge in [-0.15, -0.1) is 0 Å². The highest BCUT2D eigenvalue weighted by Gasteiger charge is 2.16. The SMILES string of the molecule is Nc1cccc(C2=CC3=CNON3C=C2)c1. The maximum Gasteiger partial charge on any atom is 0.0900 e. The molecule has 2 aliphatic heterocycles. The fourth-order valence-electron chi connectivity index (χ4n) is 1.73. The molecule has 4 nitrogen and oxygen atoms in total. The minimum atomic E-state index is 0.768. The second-order valence-electron chi connectivity index (χ2n) is 3.65. The van der Waals surface area contributed by atoms with Crippen molar-refractivity contribution < 1.29 is 4.94 Å². The van der Waals surface area contributed by atoms with E-state index in [-0.39, 0.29) is 0 Å². The second-order valence-corrected chi connectivity index (χ2v) is 3.65. The van der Waals surface area contributed by atoms with Gasteiger partial charge in [-0.05, 0) is 35.4 Å². The number of benzene rings is 1. The standard InChI is InChI=1S/C12H11N3O/c13-11-3-1-2-9(6-11)10-4-5-15-12(7-10)8-14-16-15/h1-8,14H,13H2. The molecule has 0 unspecified atom stereocenters. The van der Waals surface area contributed by atoms with Crippen LogP contribution in [0.25, 0.3) is 5.57 Å². The highest BCUT2D eigenvalue weighted by molar-refractivity contribution is 5.78. The van der Waals surface area contributed by atoms with Crippen molar-refractivity contribution in [1.82, 2.24) is 10.5 Å². The van der Waals surface area contributed by atoms with Crippen molar-refractivity contribution in [3.05, 3.63) is 60.1 Å². The summed E-state index contributed by atoms with van der Waals surface area (Å²) in [5, 5.41) is 1.66. The number of nitrogens with two attached hydrogens (primary N) is 1. The Balaban J connectivity index is 1.99. The zero-order chi connectivity index (χ0) is 11.0. The summed E-state index contributed by atoms with van der Waals surface area (Å²) in [6.07, 6.45) is 7.69. The first-order valence-electron chi connectivity index (χ1n) is 5.01. The zero-order valence-electron chi connectivity index (χ0n) is 8.55. The van der Waals surface area contributed by atoms with Crippen molar-refractivity contribution in [2.24, 2.45) is 0 Å². The Bertz CT molecular complexity index is 517. The first-order valence-corrected chi connectivity index (χ1v) is 5.01. The smallest absolute Gasteiger partial charge is 0.0900 e. The van der Waals surface area contributed by atoms with Crippen LogP contribution >= 0.6 is 0 Å². The summed E-state index contributed by atoms with van der Waals surface area (Å²) in [5.74, 6) is 0. The molecule has 1 aromatic rings. The number of anilines is 1. The van der Waals surface area contributed by atoms with E-state index in [1.54, 1.807) is 11.3 Å². The van der Waals surface area contributed by atoms with E-state index >= 15 is 0 Å². The van der Waals surface area contributed by atoms with Crippen LogP contribution in [0.15, 0.2) is 54.5 Å². The monoisotopic (exact) mass is 213 g/mol. The zero-order valence-corrected chi connectivity index (χ0v) is 8.55. The first-order chi connectivity index (χ1) is 7.83. The molecule has 2 aliphatic rings. The Morgan fingerprint density at radius 3 is 3.12 bits per heavy atom. The van der Waals surface area contributed by atoms with E-state index in [0.29, 0.717) is 0 Å². The van der Waals surface area contributed by atoms with E-state index in [2.05, 4.69) is 5.48 Å². The summed E-state index contributed by atoms with van der Waals surface area (Å²) in [6.45, 7) is 0. The van der Waals surface area contributed by atoms with E-state index < -0.39 is 0 Å². The maximum absolute atomic E-state index is 5.76. The van der Waals surface area contributed by atoms with E-state index in [1.807, 2.05) is 42.6 Å². The molecule has 0 fully saturated rings. The van der Waals surface area contributed by atoms with Gasteiger partial charge in [-0.25, -0.2) is 10.5 Å². The van der Waals surface area contributed by atoms with Crippen LogP contribution in [0.2, 0.25) is 0 Å². The van der Waals surface area contributed by atoms with Crippen LogP contribution in [0.1, 0.15) is 5.56 Å². The Kier molecular flexibility index (Phi) is 1.94. The Morgan fingerprint density at radius 2 is 2.25 bits per heavy atom. The fourth-order valence-corrected chi connectivity index (χ4v) is 1.73. The minimum Gasteiger partial charge on any atom is -0.399 e. The lowest BCUT2D eigenvalue weighted by Crippen LogP contribution is -2.15. The number of nitrogens with one attached hydrogen (secondary N) is 1. The van der Waals surface area contributed by atoms with Gasteiger partial charge in [0.15, 0.2) is 0 Å². The first kappa shape index (κ1) is 9.06. The number of rotatable bonds is 1. The molecule has 0 aliphatic carbocycles. The molecule has 0 radical (unpaired) electrons. The summed E-state index contributed by atoms with van der Waals surface area (Å²) >= 11 is 0. The molecule has 0 saturated heterocycles. The van der Waals surface area contributed by atoms with Gasteiger partial charge in [-0.2, -0.15) is 4.94 Å². The van der Waals surface area contributed by atoms with Gasteiger partial charge < -0.3 is 5.73 Å². The number of fused-ring (bicyclic) bond motifs is 1. The van der Waals surface area contributed by atoms with Crippen molar-refractivity contribution in [2.45, 2.75) is 0 Å². The van der Waals surface area contributed by atoms with Gasteiger partial charge in [0, 0.05) is 11.9 Å². The average Bonchev–Trinajstić information content (AvgIpc) is 2.75. The van der Waals surface area contributed by atoms with Crippen LogP contribution in [-0.4, -0.2) is 5.06 Å². The number of nitrogens with zero attached hydrogens (tertiary/aromatic N) is 1. The normalized spacial score (nSPS) is 17.6. The fraction of sp³-hybridized carbons (Fsp3) is 0.